The Morgan fingerprint density at radius 2 is 2.21 bits per heavy atom. The molecule has 1 aliphatic rings. The van der Waals surface area contributed by atoms with Crippen LogP contribution in [0.3, 0.4) is 0 Å². The summed E-state index contributed by atoms with van der Waals surface area (Å²) >= 11 is 0. The minimum absolute atomic E-state index is 0.455. The lowest BCUT2D eigenvalue weighted by Crippen LogP contribution is -2.14. The minimum Gasteiger partial charge on any atom is -0.374 e. The number of hydrogen-bond donors (Lipinski definition) is 1. The van der Waals surface area contributed by atoms with Gasteiger partial charge < -0.3 is 10.2 Å². The van der Waals surface area contributed by atoms with Gasteiger partial charge >= 0.3 is 0 Å². The molecule has 0 fully saturated rings. The van der Waals surface area contributed by atoms with E-state index in [-0.39, 0.29) is 0 Å². The van der Waals surface area contributed by atoms with Crippen LogP contribution in [0.2, 0.25) is 0 Å². The first-order chi connectivity index (χ1) is 6.74. The van der Waals surface area contributed by atoms with Crippen LogP contribution in [0.5, 0.6) is 0 Å². The molecule has 2 heteroatoms. The van der Waals surface area contributed by atoms with Gasteiger partial charge in [0.05, 0.1) is 0 Å². The van der Waals surface area contributed by atoms with E-state index in [1.807, 2.05) is 7.05 Å². The Balaban J connectivity index is 2.43. The van der Waals surface area contributed by atoms with E-state index in [0.29, 0.717) is 6.04 Å². The maximum absolute atomic E-state index is 3.31. The molecule has 0 bridgehead atoms. The Morgan fingerprint density at radius 1 is 1.43 bits per heavy atom. The van der Waals surface area contributed by atoms with Crippen LogP contribution in [0.1, 0.15) is 24.1 Å². The molecular weight excluding hydrogens is 172 g/mol. The average molecular weight is 190 g/mol. The molecule has 0 saturated heterocycles. The minimum atomic E-state index is 0.455. The fourth-order valence-corrected chi connectivity index (χ4v) is 2.18. The molecular formula is C12H18N2. The van der Waals surface area contributed by atoms with Crippen molar-refractivity contribution in [3.8, 4) is 0 Å². The monoisotopic (exact) mass is 190 g/mol. The molecule has 14 heavy (non-hydrogen) atoms. The maximum atomic E-state index is 3.31. The van der Waals surface area contributed by atoms with E-state index in [1.54, 1.807) is 0 Å². The smallest absolute Gasteiger partial charge is 0.0400 e. The van der Waals surface area contributed by atoms with Gasteiger partial charge in [-0.1, -0.05) is 12.1 Å². The molecule has 0 spiro atoms. The van der Waals surface area contributed by atoms with Crippen molar-refractivity contribution in [1.29, 1.82) is 0 Å². The largest absolute Gasteiger partial charge is 0.374 e. The first-order valence-corrected chi connectivity index (χ1v) is 5.24. The van der Waals surface area contributed by atoms with Gasteiger partial charge in [0.1, 0.15) is 0 Å². The zero-order chi connectivity index (χ0) is 10.1. The van der Waals surface area contributed by atoms with Crippen LogP contribution in [-0.4, -0.2) is 20.6 Å². The Hall–Kier alpha value is -1.02. The summed E-state index contributed by atoms with van der Waals surface area (Å²) in [4.78, 5) is 2.33. The van der Waals surface area contributed by atoms with Crippen LogP contribution < -0.4 is 10.2 Å². The van der Waals surface area contributed by atoms with E-state index in [1.165, 1.54) is 23.2 Å². The van der Waals surface area contributed by atoms with Gasteiger partial charge in [-0.2, -0.15) is 0 Å². The van der Waals surface area contributed by atoms with Crippen molar-refractivity contribution < 1.29 is 0 Å². The highest BCUT2D eigenvalue weighted by molar-refractivity contribution is 5.60. The summed E-state index contributed by atoms with van der Waals surface area (Å²) in [7, 11) is 4.18. The molecule has 0 saturated carbocycles. The summed E-state index contributed by atoms with van der Waals surface area (Å²) in [5, 5.41) is 3.31. The van der Waals surface area contributed by atoms with Crippen LogP contribution in [0.25, 0.3) is 0 Å². The van der Waals surface area contributed by atoms with Gasteiger partial charge in [-0.3, -0.25) is 0 Å². The molecule has 0 aromatic heterocycles. The second-order valence-electron chi connectivity index (χ2n) is 4.03. The van der Waals surface area contributed by atoms with Crippen LogP contribution in [0.4, 0.5) is 5.69 Å². The standard InChI is InChI=1S/C12H18N2/c1-9(13-2)10-5-4-6-12-11(10)7-8-14(12)3/h4-6,9,13H,7-8H2,1-3H3. The third kappa shape index (κ3) is 1.40. The Labute approximate surface area is 85.9 Å². The molecule has 0 aliphatic carbocycles. The van der Waals surface area contributed by atoms with Crippen molar-refractivity contribution in [1.82, 2.24) is 5.32 Å². The number of anilines is 1. The third-order valence-electron chi connectivity index (χ3n) is 3.20. The summed E-state index contributed by atoms with van der Waals surface area (Å²) in [6, 6.07) is 7.06. The molecule has 1 N–H and O–H groups in total. The van der Waals surface area contributed by atoms with Crippen LogP contribution >= 0.6 is 0 Å². The lowest BCUT2D eigenvalue weighted by molar-refractivity contribution is 0.647. The average Bonchev–Trinajstić information content (AvgIpc) is 2.59. The molecule has 2 rings (SSSR count). The Kier molecular flexibility index (Phi) is 2.46. The molecule has 1 atom stereocenters. The van der Waals surface area contributed by atoms with Crippen LogP contribution in [0, 0.1) is 0 Å². The first-order valence-electron chi connectivity index (χ1n) is 5.24. The molecule has 1 aromatic carbocycles. The normalized spacial score (nSPS) is 16.9. The van der Waals surface area contributed by atoms with Gasteiger partial charge in [0, 0.05) is 25.3 Å². The summed E-state index contributed by atoms with van der Waals surface area (Å²) in [5.41, 5.74) is 4.39. The van der Waals surface area contributed by atoms with Crippen molar-refractivity contribution in [2.75, 3.05) is 25.5 Å². The fourth-order valence-electron chi connectivity index (χ4n) is 2.18. The molecule has 1 heterocycles. The number of benzene rings is 1. The summed E-state index contributed by atoms with van der Waals surface area (Å²) in [6.45, 7) is 3.37. The molecule has 0 amide bonds. The number of fused-ring (bicyclic) bond motifs is 1. The molecule has 1 aromatic rings. The van der Waals surface area contributed by atoms with E-state index < -0.39 is 0 Å². The van der Waals surface area contributed by atoms with Crippen LogP contribution in [0.15, 0.2) is 18.2 Å². The van der Waals surface area contributed by atoms with E-state index in [9.17, 15) is 0 Å². The highest BCUT2D eigenvalue weighted by Gasteiger charge is 2.20. The molecule has 0 radical (unpaired) electrons. The van der Waals surface area contributed by atoms with E-state index >= 15 is 0 Å². The highest BCUT2D eigenvalue weighted by atomic mass is 15.1. The molecule has 2 nitrogen and oxygen atoms in total. The first kappa shape index (κ1) is 9.53. The van der Waals surface area contributed by atoms with Gasteiger partial charge in [0.15, 0.2) is 0 Å². The lowest BCUT2D eigenvalue weighted by atomic mass is 9.99. The Morgan fingerprint density at radius 3 is 2.93 bits per heavy atom. The third-order valence-corrected chi connectivity index (χ3v) is 3.20. The lowest BCUT2D eigenvalue weighted by Gasteiger charge is -2.16. The predicted octanol–water partition coefficient (Wildman–Crippen LogP) is 1.96. The fraction of sp³-hybridized carbons (Fsp3) is 0.500. The SMILES string of the molecule is CNC(C)c1cccc2c1CCN2C. The van der Waals surface area contributed by atoms with Crippen molar-refractivity contribution in [3.05, 3.63) is 29.3 Å². The summed E-state index contributed by atoms with van der Waals surface area (Å²) in [5.74, 6) is 0. The maximum Gasteiger partial charge on any atom is 0.0400 e. The van der Waals surface area contributed by atoms with Gasteiger partial charge in [0.2, 0.25) is 0 Å². The van der Waals surface area contributed by atoms with E-state index in [2.05, 4.69) is 42.4 Å². The van der Waals surface area contributed by atoms with Crippen molar-refractivity contribution >= 4 is 5.69 Å². The van der Waals surface area contributed by atoms with Gasteiger partial charge in [-0.25, -0.2) is 0 Å². The van der Waals surface area contributed by atoms with E-state index in [4.69, 9.17) is 0 Å². The van der Waals surface area contributed by atoms with Crippen LogP contribution in [-0.2, 0) is 6.42 Å². The number of rotatable bonds is 2. The van der Waals surface area contributed by atoms with Gasteiger partial charge in [-0.05, 0) is 37.6 Å². The van der Waals surface area contributed by atoms with Crippen molar-refractivity contribution in [2.24, 2.45) is 0 Å². The number of nitrogens with one attached hydrogen (secondary N) is 1. The zero-order valence-electron chi connectivity index (χ0n) is 9.17. The van der Waals surface area contributed by atoms with Crippen molar-refractivity contribution in [3.63, 3.8) is 0 Å². The van der Waals surface area contributed by atoms with Gasteiger partial charge in [-0.15, -0.1) is 0 Å². The number of likely N-dealkylation sites (N-methyl/N-ethyl adjacent to an activating group) is 1. The predicted molar refractivity (Wildman–Crippen MR) is 60.9 cm³/mol. The molecule has 76 valence electrons. The summed E-state index contributed by atoms with van der Waals surface area (Å²) in [6.07, 6.45) is 1.19. The molecule has 1 unspecified atom stereocenters. The molecule has 1 aliphatic heterocycles. The van der Waals surface area contributed by atoms with Crippen molar-refractivity contribution in [2.45, 2.75) is 19.4 Å². The summed E-state index contributed by atoms with van der Waals surface area (Å²) < 4.78 is 0. The number of nitrogens with zero attached hydrogens (tertiary/aromatic N) is 1. The quantitative estimate of drug-likeness (QED) is 0.767. The topological polar surface area (TPSA) is 15.3 Å². The van der Waals surface area contributed by atoms with E-state index in [0.717, 1.165) is 6.54 Å². The Bertz CT molecular complexity index is 333. The second-order valence-corrected chi connectivity index (χ2v) is 4.03. The van der Waals surface area contributed by atoms with Gasteiger partial charge in [0.25, 0.3) is 0 Å². The highest BCUT2D eigenvalue weighted by Crippen LogP contribution is 2.32. The number of hydrogen-bond acceptors (Lipinski definition) is 2. The second kappa shape index (κ2) is 3.62. The zero-order valence-corrected chi connectivity index (χ0v) is 9.17.